The quantitative estimate of drug-likeness (QED) is 0.136. The molecule has 0 amide bonds. The molecule has 0 spiro atoms. The van der Waals surface area contributed by atoms with Crippen LogP contribution in [0.1, 0.15) is 27.7 Å². The van der Waals surface area contributed by atoms with Crippen LogP contribution in [0.4, 0.5) is 11.4 Å². The average molecular weight is 664 g/mol. The van der Waals surface area contributed by atoms with Crippen LogP contribution in [-0.4, -0.2) is 30.7 Å². The van der Waals surface area contributed by atoms with Crippen molar-refractivity contribution < 1.29 is 8.83 Å². The lowest BCUT2D eigenvalue weighted by Gasteiger charge is -2.21. The van der Waals surface area contributed by atoms with Crippen LogP contribution in [-0.2, 0) is 7.05 Å². The van der Waals surface area contributed by atoms with Gasteiger partial charge in [0, 0.05) is 78.9 Å². The lowest BCUT2D eigenvalue weighted by atomic mass is 10.0. The summed E-state index contributed by atoms with van der Waals surface area (Å²) < 4.78 is 13.8. The third-order valence-corrected chi connectivity index (χ3v) is 9.76. The van der Waals surface area contributed by atoms with E-state index in [4.69, 9.17) is 8.83 Å². The van der Waals surface area contributed by atoms with Gasteiger partial charge in [0.25, 0.3) is 0 Å². The van der Waals surface area contributed by atoms with Gasteiger partial charge in [-0.3, -0.25) is 0 Å². The first-order chi connectivity index (χ1) is 24.3. The second-order valence-corrected chi connectivity index (χ2v) is 12.5. The molecule has 7 heteroatoms. The minimum absolute atomic E-state index is 0.363. The molecule has 0 N–H and O–H groups in total. The molecule has 252 valence electrons. The maximum absolute atomic E-state index is 13.3. The standard InChI is InChI=1S/C43H41N3O4/c1-6-45(7-2)34-18-16-32-24-36(42(47)49-40(32)26-34)28-12-10-14-30(22-28)38-20-21-39(44(38)5)31-15-11-13-29(23-31)37-25-33-17-19-35(46(8-3)9-4)27-41(33)50-43(37)48/h10-27H,6-9H2,1-5H3. The number of anilines is 2. The van der Waals surface area contributed by atoms with Crippen molar-refractivity contribution in [2.24, 2.45) is 7.05 Å². The summed E-state index contributed by atoms with van der Waals surface area (Å²) in [5, 5.41) is 1.76. The van der Waals surface area contributed by atoms with Gasteiger partial charge in [-0.15, -0.1) is 0 Å². The summed E-state index contributed by atoms with van der Waals surface area (Å²) in [6.45, 7) is 12.0. The Labute approximate surface area is 291 Å². The van der Waals surface area contributed by atoms with Crippen LogP contribution in [0.3, 0.4) is 0 Å². The molecular weight excluding hydrogens is 622 g/mol. The van der Waals surface area contributed by atoms with Crippen molar-refractivity contribution in [3.05, 3.63) is 130 Å². The SMILES string of the molecule is CCN(CC)c1ccc2cc(-c3cccc(-c4ccc(-c5cccc(-c6cc7ccc(N(CC)CC)cc7oc6=O)c5)n4C)c3)c(=O)oc2c1. The van der Waals surface area contributed by atoms with Gasteiger partial charge in [-0.2, -0.15) is 0 Å². The highest BCUT2D eigenvalue weighted by atomic mass is 16.4. The van der Waals surface area contributed by atoms with Crippen molar-refractivity contribution in [1.82, 2.24) is 4.57 Å². The number of nitrogens with zero attached hydrogens (tertiary/aromatic N) is 3. The van der Waals surface area contributed by atoms with Gasteiger partial charge in [0.15, 0.2) is 0 Å². The molecule has 3 aromatic heterocycles. The Morgan fingerprint density at radius 3 is 1.30 bits per heavy atom. The lowest BCUT2D eigenvalue weighted by Crippen LogP contribution is -2.21. The van der Waals surface area contributed by atoms with Crippen molar-refractivity contribution in [1.29, 1.82) is 0 Å². The second-order valence-electron chi connectivity index (χ2n) is 12.5. The van der Waals surface area contributed by atoms with E-state index in [-0.39, 0.29) is 11.3 Å². The number of hydrogen-bond donors (Lipinski definition) is 0. The molecule has 7 nitrogen and oxygen atoms in total. The third kappa shape index (κ3) is 6.00. The van der Waals surface area contributed by atoms with E-state index < -0.39 is 0 Å². The first-order valence-corrected chi connectivity index (χ1v) is 17.3. The molecule has 0 aliphatic carbocycles. The van der Waals surface area contributed by atoms with Crippen molar-refractivity contribution in [2.75, 3.05) is 36.0 Å². The average Bonchev–Trinajstić information content (AvgIpc) is 3.53. The highest BCUT2D eigenvalue weighted by Crippen LogP contribution is 2.33. The van der Waals surface area contributed by atoms with Crippen LogP contribution in [0, 0.1) is 0 Å². The van der Waals surface area contributed by atoms with Crippen LogP contribution in [0.5, 0.6) is 0 Å². The molecular formula is C43H41N3O4. The zero-order valence-electron chi connectivity index (χ0n) is 29.2. The molecule has 0 aliphatic rings. The molecule has 0 radical (unpaired) electrons. The van der Waals surface area contributed by atoms with Gasteiger partial charge >= 0.3 is 11.3 Å². The summed E-state index contributed by atoms with van der Waals surface area (Å²) in [4.78, 5) is 31.0. The van der Waals surface area contributed by atoms with E-state index in [0.717, 1.165) is 82.0 Å². The highest BCUT2D eigenvalue weighted by Gasteiger charge is 2.16. The van der Waals surface area contributed by atoms with Crippen LogP contribution in [0.2, 0.25) is 0 Å². The van der Waals surface area contributed by atoms with Gasteiger partial charge in [0.2, 0.25) is 0 Å². The van der Waals surface area contributed by atoms with Gasteiger partial charge in [-0.05, 0) is 111 Å². The van der Waals surface area contributed by atoms with Crippen molar-refractivity contribution in [3.8, 4) is 44.8 Å². The first kappa shape index (κ1) is 32.7. The zero-order chi connectivity index (χ0) is 34.9. The molecule has 7 aromatic rings. The van der Waals surface area contributed by atoms with E-state index in [0.29, 0.717) is 22.3 Å². The summed E-state index contributed by atoms with van der Waals surface area (Å²) in [7, 11) is 2.03. The summed E-state index contributed by atoms with van der Waals surface area (Å²) >= 11 is 0. The number of rotatable bonds is 10. The van der Waals surface area contributed by atoms with E-state index in [1.807, 2.05) is 92.0 Å². The maximum Gasteiger partial charge on any atom is 0.344 e. The molecule has 7 rings (SSSR count). The Kier molecular flexibility index (Phi) is 8.89. The minimum atomic E-state index is -0.363. The topological polar surface area (TPSA) is 71.8 Å². The molecule has 3 heterocycles. The van der Waals surface area contributed by atoms with E-state index in [2.05, 4.69) is 66.3 Å². The Balaban J connectivity index is 1.20. The smallest absolute Gasteiger partial charge is 0.344 e. The van der Waals surface area contributed by atoms with Gasteiger partial charge in [0.1, 0.15) is 11.2 Å². The second kappa shape index (κ2) is 13.6. The Bertz CT molecular complexity index is 2290. The zero-order valence-corrected chi connectivity index (χ0v) is 29.2. The lowest BCUT2D eigenvalue weighted by molar-refractivity contribution is 0.563. The summed E-state index contributed by atoms with van der Waals surface area (Å²) in [6, 6.07) is 36.0. The maximum atomic E-state index is 13.3. The van der Waals surface area contributed by atoms with Crippen LogP contribution >= 0.6 is 0 Å². The van der Waals surface area contributed by atoms with Gasteiger partial charge < -0.3 is 23.2 Å². The summed E-state index contributed by atoms with van der Waals surface area (Å²) in [5.74, 6) is 0. The van der Waals surface area contributed by atoms with Crippen molar-refractivity contribution in [3.63, 3.8) is 0 Å². The predicted octanol–water partition coefficient (Wildman–Crippen LogP) is 9.60. The van der Waals surface area contributed by atoms with E-state index in [9.17, 15) is 9.59 Å². The molecule has 0 unspecified atom stereocenters. The molecule has 0 fully saturated rings. The molecule has 50 heavy (non-hydrogen) atoms. The summed E-state index contributed by atoms with van der Waals surface area (Å²) in [6.07, 6.45) is 0. The predicted molar refractivity (Wildman–Crippen MR) is 206 cm³/mol. The van der Waals surface area contributed by atoms with Crippen molar-refractivity contribution in [2.45, 2.75) is 27.7 Å². The monoisotopic (exact) mass is 663 g/mol. The number of fused-ring (bicyclic) bond motifs is 2. The molecule has 0 saturated heterocycles. The Morgan fingerprint density at radius 1 is 0.500 bits per heavy atom. The fourth-order valence-corrected chi connectivity index (χ4v) is 6.96. The van der Waals surface area contributed by atoms with Crippen molar-refractivity contribution >= 4 is 33.3 Å². The third-order valence-electron chi connectivity index (χ3n) is 9.76. The van der Waals surface area contributed by atoms with E-state index >= 15 is 0 Å². The molecule has 0 atom stereocenters. The van der Waals surface area contributed by atoms with Crippen LogP contribution < -0.4 is 21.1 Å². The molecule has 0 saturated carbocycles. The fraction of sp³-hybridized carbons (Fsp3) is 0.209. The number of hydrogen-bond acceptors (Lipinski definition) is 6. The van der Waals surface area contributed by atoms with Gasteiger partial charge in [0.05, 0.1) is 11.1 Å². The highest BCUT2D eigenvalue weighted by molar-refractivity contribution is 5.87. The molecule has 0 aliphatic heterocycles. The Morgan fingerprint density at radius 2 is 0.900 bits per heavy atom. The van der Waals surface area contributed by atoms with Crippen LogP contribution in [0.25, 0.3) is 66.7 Å². The normalized spacial score (nSPS) is 11.4. The van der Waals surface area contributed by atoms with Gasteiger partial charge in [-0.1, -0.05) is 36.4 Å². The molecule has 0 bridgehead atoms. The number of aromatic nitrogens is 1. The Hall–Kier alpha value is -5.82. The first-order valence-electron chi connectivity index (χ1n) is 17.3. The number of benzene rings is 4. The van der Waals surface area contributed by atoms with Crippen LogP contribution in [0.15, 0.2) is 128 Å². The van der Waals surface area contributed by atoms with E-state index in [1.165, 1.54) is 0 Å². The van der Waals surface area contributed by atoms with E-state index in [1.54, 1.807) is 0 Å². The minimum Gasteiger partial charge on any atom is -0.422 e. The summed E-state index contributed by atoms with van der Waals surface area (Å²) in [5.41, 5.74) is 9.09. The molecule has 4 aromatic carbocycles. The fourth-order valence-electron chi connectivity index (χ4n) is 6.96. The van der Waals surface area contributed by atoms with Gasteiger partial charge in [-0.25, -0.2) is 9.59 Å². The largest absolute Gasteiger partial charge is 0.422 e.